The highest BCUT2D eigenvalue weighted by molar-refractivity contribution is 5.85. The summed E-state index contributed by atoms with van der Waals surface area (Å²) in [6.07, 6.45) is 0. The van der Waals surface area contributed by atoms with E-state index in [0.29, 0.717) is 13.1 Å². The molecule has 120 valence electrons. The molecule has 21 heavy (non-hydrogen) atoms. The third kappa shape index (κ3) is 5.61. The van der Waals surface area contributed by atoms with Gasteiger partial charge >= 0.3 is 0 Å². The Morgan fingerprint density at radius 1 is 1.14 bits per heavy atom. The van der Waals surface area contributed by atoms with Gasteiger partial charge in [-0.2, -0.15) is 0 Å². The lowest BCUT2D eigenvalue weighted by Crippen LogP contribution is -2.54. The molecule has 0 radical (unpaired) electrons. The third-order valence-corrected chi connectivity index (χ3v) is 3.31. The fraction of sp³-hybridized carbons (Fsp3) is 0.786. The molecule has 1 aliphatic heterocycles. The van der Waals surface area contributed by atoms with Gasteiger partial charge in [0, 0.05) is 53.2 Å². The number of guanidine groups is 1. The van der Waals surface area contributed by atoms with Crippen LogP contribution in [0.2, 0.25) is 0 Å². The lowest BCUT2D eigenvalue weighted by atomic mass is 10.3. The topological polar surface area (TPSA) is 68.2 Å². The molecule has 1 aliphatic rings. The Hall–Kier alpha value is -1.79. The van der Waals surface area contributed by atoms with E-state index in [1.807, 2.05) is 18.7 Å². The van der Waals surface area contributed by atoms with Gasteiger partial charge in [-0.05, 0) is 13.8 Å². The molecular weight excluding hydrogens is 270 g/mol. The molecule has 1 N–H and O–H groups in total. The number of carbonyl (C=O) groups is 2. The highest BCUT2D eigenvalue weighted by atomic mass is 16.2. The average Bonchev–Trinajstić information content (AvgIpc) is 2.42. The Balaban J connectivity index is 2.68. The highest BCUT2D eigenvalue weighted by Gasteiger charge is 2.21. The monoisotopic (exact) mass is 297 g/mol. The summed E-state index contributed by atoms with van der Waals surface area (Å²) < 4.78 is 0. The SMILES string of the molecule is CC(=O)N1CCN(C(=NCC(=O)N(C)C)NC(C)C)CC1. The molecule has 2 amide bonds. The first-order chi connectivity index (χ1) is 9.81. The predicted octanol–water partition coefficient (Wildman–Crippen LogP) is -0.407. The zero-order valence-electron chi connectivity index (χ0n) is 13.7. The molecule has 1 rings (SSSR count). The van der Waals surface area contributed by atoms with E-state index in [9.17, 15) is 9.59 Å². The molecule has 0 spiro atoms. The third-order valence-electron chi connectivity index (χ3n) is 3.31. The van der Waals surface area contributed by atoms with Crippen molar-refractivity contribution in [1.82, 2.24) is 20.0 Å². The zero-order valence-corrected chi connectivity index (χ0v) is 13.7. The Bertz CT molecular complexity index is 398. The number of rotatable bonds is 3. The molecule has 0 saturated carbocycles. The van der Waals surface area contributed by atoms with Crippen LogP contribution in [-0.2, 0) is 9.59 Å². The number of nitrogens with one attached hydrogen (secondary N) is 1. The van der Waals surface area contributed by atoms with E-state index in [2.05, 4.69) is 15.2 Å². The van der Waals surface area contributed by atoms with Crippen molar-refractivity contribution < 1.29 is 9.59 Å². The summed E-state index contributed by atoms with van der Waals surface area (Å²) in [5, 5.41) is 3.29. The van der Waals surface area contributed by atoms with Gasteiger partial charge in [0.2, 0.25) is 11.8 Å². The molecule has 7 nitrogen and oxygen atoms in total. The summed E-state index contributed by atoms with van der Waals surface area (Å²) in [6, 6.07) is 0.240. The highest BCUT2D eigenvalue weighted by Crippen LogP contribution is 2.03. The van der Waals surface area contributed by atoms with Crippen LogP contribution in [0.1, 0.15) is 20.8 Å². The molecule has 1 heterocycles. The fourth-order valence-electron chi connectivity index (χ4n) is 2.01. The molecule has 0 bridgehead atoms. The first kappa shape index (κ1) is 17.3. The number of hydrogen-bond acceptors (Lipinski definition) is 3. The maximum Gasteiger partial charge on any atom is 0.243 e. The summed E-state index contributed by atoms with van der Waals surface area (Å²) in [6.45, 7) is 8.64. The summed E-state index contributed by atoms with van der Waals surface area (Å²) in [5.74, 6) is 0.816. The van der Waals surface area contributed by atoms with Crippen molar-refractivity contribution in [3.8, 4) is 0 Å². The Morgan fingerprint density at radius 2 is 1.67 bits per heavy atom. The molecular formula is C14H27N5O2. The number of nitrogens with zero attached hydrogens (tertiary/aromatic N) is 4. The number of likely N-dealkylation sites (N-methyl/N-ethyl adjacent to an activating group) is 1. The minimum atomic E-state index is -0.0274. The standard InChI is InChI=1S/C14H27N5O2/c1-11(2)16-14(15-10-13(21)17(4)5)19-8-6-18(7-9-19)12(3)20/h11H,6-10H2,1-5H3,(H,15,16). The summed E-state index contributed by atoms with van der Waals surface area (Å²) >= 11 is 0. The normalized spacial score (nSPS) is 16.2. The van der Waals surface area contributed by atoms with E-state index in [4.69, 9.17) is 0 Å². The maximum atomic E-state index is 11.7. The van der Waals surface area contributed by atoms with Gasteiger partial charge in [-0.15, -0.1) is 0 Å². The van der Waals surface area contributed by atoms with Crippen LogP contribution >= 0.6 is 0 Å². The smallest absolute Gasteiger partial charge is 0.243 e. The second-order valence-electron chi connectivity index (χ2n) is 5.72. The van der Waals surface area contributed by atoms with Crippen LogP contribution < -0.4 is 5.32 Å². The van der Waals surface area contributed by atoms with Gasteiger partial charge < -0.3 is 20.0 Å². The van der Waals surface area contributed by atoms with Gasteiger partial charge in [0.15, 0.2) is 5.96 Å². The van der Waals surface area contributed by atoms with Crippen molar-refractivity contribution in [2.75, 3.05) is 46.8 Å². The minimum Gasteiger partial charge on any atom is -0.354 e. The van der Waals surface area contributed by atoms with Gasteiger partial charge in [0.1, 0.15) is 6.54 Å². The van der Waals surface area contributed by atoms with Crippen LogP contribution in [0.5, 0.6) is 0 Å². The molecule has 0 aromatic rings. The lowest BCUT2D eigenvalue weighted by molar-refractivity contribution is -0.130. The molecule has 1 saturated heterocycles. The Kier molecular flexibility index (Phi) is 6.45. The van der Waals surface area contributed by atoms with Crippen LogP contribution in [0.4, 0.5) is 0 Å². The van der Waals surface area contributed by atoms with E-state index < -0.39 is 0 Å². The van der Waals surface area contributed by atoms with Gasteiger partial charge in [0.05, 0.1) is 0 Å². The van der Waals surface area contributed by atoms with E-state index in [-0.39, 0.29) is 24.4 Å². The molecule has 7 heteroatoms. The predicted molar refractivity (Wildman–Crippen MR) is 83.1 cm³/mol. The van der Waals surface area contributed by atoms with Crippen LogP contribution in [-0.4, -0.2) is 85.3 Å². The zero-order chi connectivity index (χ0) is 16.0. The molecule has 0 aliphatic carbocycles. The fourth-order valence-corrected chi connectivity index (χ4v) is 2.01. The quantitative estimate of drug-likeness (QED) is 0.568. The van der Waals surface area contributed by atoms with E-state index >= 15 is 0 Å². The first-order valence-corrected chi connectivity index (χ1v) is 7.33. The number of carbonyl (C=O) groups excluding carboxylic acids is 2. The Labute approximate surface area is 127 Å². The molecule has 0 atom stereocenters. The molecule has 0 unspecified atom stereocenters. The van der Waals surface area contributed by atoms with Crippen molar-refractivity contribution >= 4 is 17.8 Å². The largest absolute Gasteiger partial charge is 0.354 e. The van der Waals surface area contributed by atoms with Crippen LogP contribution in [0, 0.1) is 0 Å². The minimum absolute atomic E-state index is 0.0274. The van der Waals surface area contributed by atoms with Crippen molar-refractivity contribution in [2.45, 2.75) is 26.8 Å². The van der Waals surface area contributed by atoms with E-state index in [0.717, 1.165) is 19.0 Å². The second-order valence-corrected chi connectivity index (χ2v) is 5.72. The van der Waals surface area contributed by atoms with Crippen molar-refractivity contribution in [1.29, 1.82) is 0 Å². The number of amides is 2. The van der Waals surface area contributed by atoms with Gasteiger partial charge in [-0.1, -0.05) is 0 Å². The van der Waals surface area contributed by atoms with Gasteiger partial charge in [0.25, 0.3) is 0 Å². The van der Waals surface area contributed by atoms with Crippen LogP contribution in [0.3, 0.4) is 0 Å². The van der Waals surface area contributed by atoms with E-state index in [1.54, 1.807) is 21.0 Å². The maximum absolute atomic E-state index is 11.7. The number of aliphatic imine (C=N–C) groups is 1. The van der Waals surface area contributed by atoms with Crippen LogP contribution in [0.25, 0.3) is 0 Å². The summed E-state index contributed by atoms with van der Waals surface area (Å²) in [7, 11) is 3.44. The summed E-state index contributed by atoms with van der Waals surface area (Å²) in [5.41, 5.74) is 0. The molecule has 0 aromatic heterocycles. The van der Waals surface area contributed by atoms with Crippen molar-refractivity contribution in [2.24, 2.45) is 4.99 Å². The summed E-state index contributed by atoms with van der Waals surface area (Å²) in [4.78, 5) is 32.9. The second kappa shape index (κ2) is 7.85. The van der Waals surface area contributed by atoms with Crippen molar-refractivity contribution in [3.05, 3.63) is 0 Å². The average molecular weight is 297 g/mol. The molecule has 0 aromatic carbocycles. The van der Waals surface area contributed by atoms with E-state index in [1.165, 1.54) is 4.90 Å². The first-order valence-electron chi connectivity index (χ1n) is 7.33. The van der Waals surface area contributed by atoms with Gasteiger partial charge in [-0.3, -0.25) is 9.59 Å². The van der Waals surface area contributed by atoms with Crippen molar-refractivity contribution in [3.63, 3.8) is 0 Å². The van der Waals surface area contributed by atoms with Gasteiger partial charge in [-0.25, -0.2) is 4.99 Å². The number of hydrogen-bond donors (Lipinski definition) is 1. The van der Waals surface area contributed by atoms with Crippen LogP contribution in [0.15, 0.2) is 4.99 Å². The lowest BCUT2D eigenvalue weighted by Gasteiger charge is -2.36. The number of piperazine rings is 1. The Morgan fingerprint density at radius 3 is 2.10 bits per heavy atom. The molecule has 1 fully saturated rings.